The van der Waals surface area contributed by atoms with Crippen molar-refractivity contribution < 1.29 is 27.8 Å². The first kappa shape index (κ1) is 17.3. The number of sulfonamides is 1. The largest absolute Gasteiger partial charge is 0.493 e. The van der Waals surface area contributed by atoms with Gasteiger partial charge in [0.1, 0.15) is 0 Å². The Hall–Kier alpha value is -1.80. The number of hydrogen-bond acceptors (Lipinski definition) is 5. The van der Waals surface area contributed by atoms with Crippen molar-refractivity contribution in [1.29, 1.82) is 0 Å². The van der Waals surface area contributed by atoms with E-state index in [0.717, 1.165) is 4.31 Å². The van der Waals surface area contributed by atoms with Gasteiger partial charge >= 0.3 is 5.97 Å². The minimum atomic E-state index is -3.64. The van der Waals surface area contributed by atoms with Crippen LogP contribution >= 0.6 is 0 Å². The first-order chi connectivity index (χ1) is 9.81. The Bertz CT molecular complexity index is 599. The molecule has 0 aliphatic rings. The summed E-state index contributed by atoms with van der Waals surface area (Å²) in [5.41, 5.74) is 0.637. The Balaban J connectivity index is 2.93. The van der Waals surface area contributed by atoms with E-state index in [-0.39, 0.29) is 6.54 Å². The first-order valence-corrected chi connectivity index (χ1v) is 7.78. The van der Waals surface area contributed by atoms with Crippen LogP contribution in [0.2, 0.25) is 0 Å². The minimum Gasteiger partial charge on any atom is -0.493 e. The van der Waals surface area contributed by atoms with Crippen molar-refractivity contribution in [1.82, 2.24) is 4.31 Å². The summed E-state index contributed by atoms with van der Waals surface area (Å²) < 4.78 is 35.5. The van der Waals surface area contributed by atoms with Gasteiger partial charge in [0.15, 0.2) is 11.5 Å². The third kappa shape index (κ3) is 4.61. The molecule has 0 unspecified atom stereocenters. The average molecular weight is 317 g/mol. The van der Waals surface area contributed by atoms with Crippen LogP contribution in [0.3, 0.4) is 0 Å². The zero-order chi connectivity index (χ0) is 16.0. The highest BCUT2D eigenvalue weighted by Crippen LogP contribution is 2.31. The van der Waals surface area contributed by atoms with Gasteiger partial charge in [0.25, 0.3) is 0 Å². The number of nitrogens with zero attached hydrogens (tertiary/aromatic N) is 1. The lowest BCUT2D eigenvalue weighted by Gasteiger charge is -2.19. The van der Waals surface area contributed by atoms with Crippen molar-refractivity contribution in [2.75, 3.05) is 27.0 Å². The van der Waals surface area contributed by atoms with Crippen LogP contribution in [0, 0.1) is 0 Å². The smallest absolute Gasteiger partial charge is 0.304 e. The van der Waals surface area contributed by atoms with E-state index in [1.165, 1.54) is 21.3 Å². The SMILES string of the molecule is COc1cccc(CN(C)S(=O)(=O)CCC(=O)O)c1OC. The van der Waals surface area contributed by atoms with Crippen LogP contribution in [-0.4, -0.2) is 50.8 Å². The molecule has 1 rings (SSSR count). The second-order valence-corrected chi connectivity index (χ2v) is 6.56. The number of rotatable bonds is 8. The van der Waals surface area contributed by atoms with E-state index in [1.807, 2.05) is 0 Å². The Morgan fingerprint density at radius 3 is 2.48 bits per heavy atom. The van der Waals surface area contributed by atoms with E-state index < -0.39 is 28.2 Å². The van der Waals surface area contributed by atoms with Crippen molar-refractivity contribution in [2.45, 2.75) is 13.0 Å². The summed E-state index contributed by atoms with van der Waals surface area (Å²) in [6.45, 7) is 0.0718. The van der Waals surface area contributed by atoms with Gasteiger partial charge in [-0.25, -0.2) is 12.7 Å². The maximum atomic E-state index is 12.0. The highest BCUT2D eigenvalue weighted by Gasteiger charge is 2.21. The number of carbonyl (C=O) groups is 1. The van der Waals surface area contributed by atoms with E-state index in [9.17, 15) is 13.2 Å². The summed E-state index contributed by atoms with van der Waals surface area (Å²) in [4.78, 5) is 10.5. The number of para-hydroxylation sites is 1. The van der Waals surface area contributed by atoms with Gasteiger partial charge < -0.3 is 14.6 Å². The maximum absolute atomic E-state index is 12.0. The number of benzene rings is 1. The van der Waals surface area contributed by atoms with Gasteiger partial charge in [-0.3, -0.25) is 4.79 Å². The molecule has 0 radical (unpaired) electrons. The van der Waals surface area contributed by atoms with Crippen LogP contribution in [0.4, 0.5) is 0 Å². The predicted octanol–water partition coefficient (Wildman–Crippen LogP) is 0.940. The molecule has 0 aliphatic heterocycles. The Morgan fingerprint density at radius 1 is 1.29 bits per heavy atom. The second-order valence-electron chi connectivity index (χ2n) is 4.37. The lowest BCUT2D eigenvalue weighted by atomic mass is 10.2. The molecule has 21 heavy (non-hydrogen) atoms. The van der Waals surface area contributed by atoms with Gasteiger partial charge in [-0.2, -0.15) is 0 Å². The van der Waals surface area contributed by atoms with Crippen molar-refractivity contribution in [3.05, 3.63) is 23.8 Å². The molecular weight excluding hydrogens is 298 g/mol. The number of aliphatic carboxylic acids is 1. The van der Waals surface area contributed by atoms with Crippen LogP contribution in [0.1, 0.15) is 12.0 Å². The standard InChI is InChI=1S/C13H19NO6S/c1-14(21(17,18)8-7-12(15)16)9-10-5-4-6-11(19-2)13(10)20-3/h4-6H,7-9H2,1-3H3,(H,15,16). The molecule has 1 N–H and O–H groups in total. The predicted molar refractivity (Wildman–Crippen MR) is 77.1 cm³/mol. The van der Waals surface area contributed by atoms with Gasteiger partial charge in [0.2, 0.25) is 10.0 Å². The Labute approximate surface area is 124 Å². The number of methoxy groups -OCH3 is 2. The number of ether oxygens (including phenoxy) is 2. The maximum Gasteiger partial charge on any atom is 0.304 e. The normalized spacial score (nSPS) is 11.4. The molecule has 1 aromatic carbocycles. The third-order valence-electron chi connectivity index (χ3n) is 2.93. The zero-order valence-electron chi connectivity index (χ0n) is 12.2. The van der Waals surface area contributed by atoms with Crippen molar-refractivity contribution in [3.8, 4) is 11.5 Å². The molecule has 0 aromatic heterocycles. The molecule has 7 nitrogen and oxygen atoms in total. The molecule has 0 heterocycles. The summed E-state index contributed by atoms with van der Waals surface area (Å²) in [6.07, 6.45) is -0.429. The molecule has 0 bridgehead atoms. The lowest BCUT2D eigenvalue weighted by molar-refractivity contribution is -0.136. The molecule has 0 fully saturated rings. The second kappa shape index (κ2) is 7.28. The van der Waals surface area contributed by atoms with Crippen molar-refractivity contribution in [2.24, 2.45) is 0 Å². The van der Waals surface area contributed by atoms with Gasteiger partial charge in [0, 0.05) is 19.2 Å². The van der Waals surface area contributed by atoms with Crippen LogP contribution in [0.25, 0.3) is 0 Å². The monoisotopic (exact) mass is 317 g/mol. The van der Waals surface area contributed by atoms with Gasteiger partial charge in [-0.1, -0.05) is 12.1 Å². The third-order valence-corrected chi connectivity index (χ3v) is 4.73. The van der Waals surface area contributed by atoms with E-state index in [4.69, 9.17) is 14.6 Å². The highest BCUT2D eigenvalue weighted by atomic mass is 32.2. The molecule has 0 saturated heterocycles. The molecule has 8 heteroatoms. The Kier molecular flexibility index (Phi) is 5.98. The molecule has 0 atom stereocenters. The van der Waals surface area contributed by atoms with E-state index >= 15 is 0 Å². The fourth-order valence-corrected chi connectivity index (χ4v) is 2.87. The Morgan fingerprint density at radius 2 is 1.95 bits per heavy atom. The van der Waals surface area contributed by atoms with Crippen LogP contribution in [0.5, 0.6) is 11.5 Å². The molecule has 0 saturated carbocycles. The number of hydrogen-bond donors (Lipinski definition) is 1. The van der Waals surface area contributed by atoms with E-state index in [0.29, 0.717) is 17.1 Å². The number of carboxylic acid groups (broad SMARTS) is 1. The summed E-state index contributed by atoms with van der Waals surface area (Å²) in [5.74, 6) is -0.622. The molecule has 0 aliphatic carbocycles. The summed E-state index contributed by atoms with van der Waals surface area (Å²) in [7, 11) is 0.724. The van der Waals surface area contributed by atoms with Crippen LogP contribution < -0.4 is 9.47 Å². The fraction of sp³-hybridized carbons (Fsp3) is 0.462. The quantitative estimate of drug-likeness (QED) is 0.767. The lowest BCUT2D eigenvalue weighted by Crippen LogP contribution is -2.29. The summed E-state index contributed by atoms with van der Waals surface area (Å²) in [6, 6.07) is 5.17. The topological polar surface area (TPSA) is 93.1 Å². The minimum absolute atomic E-state index is 0.0718. The average Bonchev–Trinajstić information content (AvgIpc) is 2.44. The molecule has 0 spiro atoms. The van der Waals surface area contributed by atoms with E-state index in [2.05, 4.69) is 0 Å². The molecule has 118 valence electrons. The number of carboxylic acids is 1. The molecular formula is C13H19NO6S. The molecule has 0 amide bonds. The van der Waals surface area contributed by atoms with Crippen LogP contribution in [-0.2, 0) is 21.4 Å². The fourth-order valence-electron chi connectivity index (χ4n) is 1.79. The summed E-state index contributed by atoms with van der Waals surface area (Å²) >= 11 is 0. The zero-order valence-corrected chi connectivity index (χ0v) is 13.0. The van der Waals surface area contributed by atoms with Crippen molar-refractivity contribution >= 4 is 16.0 Å². The van der Waals surface area contributed by atoms with E-state index in [1.54, 1.807) is 18.2 Å². The molecule has 1 aromatic rings. The van der Waals surface area contributed by atoms with Gasteiger partial charge in [-0.15, -0.1) is 0 Å². The first-order valence-electron chi connectivity index (χ1n) is 6.17. The highest BCUT2D eigenvalue weighted by molar-refractivity contribution is 7.89. The van der Waals surface area contributed by atoms with Gasteiger partial charge in [0.05, 0.1) is 26.4 Å². The van der Waals surface area contributed by atoms with Crippen LogP contribution in [0.15, 0.2) is 18.2 Å². The summed E-state index contributed by atoms with van der Waals surface area (Å²) in [5, 5.41) is 8.58. The van der Waals surface area contributed by atoms with Gasteiger partial charge in [-0.05, 0) is 6.07 Å². The van der Waals surface area contributed by atoms with Crippen molar-refractivity contribution in [3.63, 3.8) is 0 Å².